The number of hydrogen-bond acceptors (Lipinski definition) is 2. The van der Waals surface area contributed by atoms with E-state index < -0.39 is 0 Å². The van der Waals surface area contributed by atoms with E-state index in [2.05, 4.69) is 15.9 Å². The zero-order valence-corrected chi connectivity index (χ0v) is 11.0. The first kappa shape index (κ1) is 11.5. The van der Waals surface area contributed by atoms with E-state index in [9.17, 15) is 4.79 Å². The third-order valence-corrected chi connectivity index (χ3v) is 3.32. The van der Waals surface area contributed by atoms with Gasteiger partial charge in [-0.1, -0.05) is 22.0 Å². The number of ether oxygens (including phenoxy) is 1. The van der Waals surface area contributed by atoms with Crippen molar-refractivity contribution in [1.29, 1.82) is 0 Å². The summed E-state index contributed by atoms with van der Waals surface area (Å²) < 4.78 is 5.29. The number of anilines is 1. The fraction of sp³-hybridized carbons (Fsp3) is 0.417. The molecule has 1 aromatic carbocycles. The number of benzene rings is 1. The summed E-state index contributed by atoms with van der Waals surface area (Å²) in [6.45, 7) is 2.72. The van der Waals surface area contributed by atoms with Gasteiger partial charge in [0.15, 0.2) is 0 Å². The summed E-state index contributed by atoms with van der Waals surface area (Å²) in [7, 11) is 1.63. The molecule has 3 nitrogen and oxygen atoms in total. The highest BCUT2D eigenvalue weighted by molar-refractivity contribution is 9.09. The van der Waals surface area contributed by atoms with Crippen LogP contribution in [0.25, 0.3) is 0 Å². The zero-order chi connectivity index (χ0) is 11.7. The number of amides is 1. The van der Waals surface area contributed by atoms with Crippen LogP contribution in [0.1, 0.15) is 12.0 Å². The van der Waals surface area contributed by atoms with Gasteiger partial charge in [-0.15, -0.1) is 0 Å². The van der Waals surface area contributed by atoms with Gasteiger partial charge in [-0.2, -0.15) is 0 Å². The summed E-state index contributed by atoms with van der Waals surface area (Å²) in [6.07, 6.45) is 0.553. The molecule has 1 heterocycles. The molecule has 0 aliphatic carbocycles. The monoisotopic (exact) mass is 283 g/mol. The van der Waals surface area contributed by atoms with Gasteiger partial charge in [0.05, 0.1) is 12.8 Å². The summed E-state index contributed by atoms with van der Waals surface area (Å²) in [5.41, 5.74) is 2.00. The van der Waals surface area contributed by atoms with Crippen molar-refractivity contribution in [2.45, 2.75) is 18.2 Å². The number of alkyl halides is 1. The molecule has 0 bridgehead atoms. The normalized spacial score (nSPS) is 20.3. The summed E-state index contributed by atoms with van der Waals surface area (Å²) in [4.78, 5) is 13.8. The Kier molecular flexibility index (Phi) is 3.19. The van der Waals surface area contributed by atoms with Crippen molar-refractivity contribution in [3.8, 4) is 5.75 Å². The lowest BCUT2D eigenvalue weighted by atomic mass is 10.2. The lowest BCUT2D eigenvalue weighted by Gasteiger charge is -2.19. The standard InChI is InChI=1S/C12H14BrNO2/c1-8-3-4-11(16-2)10(5-8)14-7-9(13)6-12(14)15/h3-5,9H,6-7H2,1-2H3. The lowest BCUT2D eigenvalue weighted by molar-refractivity contribution is -0.117. The highest BCUT2D eigenvalue weighted by Gasteiger charge is 2.30. The van der Waals surface area contributed by atoms with E-state index in [4.69, 9.17) is 4.74 Å². The Morgan fingerprint density at radius 1 is 1.50 bits per heavy atom. The molecule has 1 aromatic rings. The number of halogens is 1. The molecule has 1 amide bonds. The maximum atomic E-state index is 11.8. The first-order valence-corrected chi connectivity index (χ1v) is 6.12. The molecular weight excluding hydrogens is 270 g/mol. The molecule has 4 heteroatoms. The van der Waals surface area contributed by atoms with Gasteiger partial charge in [-0.25, -0.2) is 0 Å². The van der Waals surface area contributed by atoms with Gasteiger partial charge < -0.3 is 9.64 Å². The molecule has 16 heavy (non-hydrogen) atoms. The van der Waals surface area contributed by atoms with Crippen LogP contribution in [0, 0.1) is 6.92 Å². The van der Waals surface area contributed by atoms with E-state index in [0.717, 1.165) is 17.0 Å². The van der Waals surface area contributed by atoms with Crippen molar-refractivity contribution in [2.75, 3.05) is 18.6 Å². The molecule has 1 aliphatic heterocycles. The van der Waals surface area contributed by atoms with Gasteiger partial charge in [0.25, 0.3) is 0 Å². The van der Waals surface area contributed by atoms with Crippen LogP contribution in [-0.4, -0.2) is 24.4 Å². The Labute approximate surface area is 104 Å². The largest absolute Gasteiger partial charge is 0.495 e. The first-order chi connectivity index (χ1) is 7.61. The third kappa shape index (κ3) is 2.07. The quantitative estimate of drug-likeness (QED) is 0.781. The minimum Gasteiger partial charge on any atom is -0.495 e. The van der Waals surface area contributed by atoms with E-state index in [0.29, 0.717) is 13.0 Å². The number of methoxy groups -OCH3 is 1. The van der Waals surface area contributed by atoms with Crippen LogP contribution in [0.15, 0.2) is 18.2 Å². The number of nitrogens with zero attached hydrogens (tertiary/aromatic N) is 1. The maximum Gasteiger partial charge on any atom is 0.228 e. The minimum absolute atomic E-state index is 0.144. The number of aryl methyl sites for hydroxylation is 1. The van der Waals surface area contributed by atoms with Crippen molar-refractivity contribution in [3.63, 3.8) is 0 Å². The van der Waals surface area contributed by atoms with E-state index in [1.54, 1.807) is 12.0 Å². The Bertz CT molecular complexity index is 419. The van der Waals surface area contributed by atoms with Gasteiger partial charge in [0, 0.05) is 17.8 Å². The second-order valence-electron chi connectivity index (χ2n) is 3.98. The van der Waals surface area contributed by atoms with Crippen molar-refractivity contribution < 1.29 is 9.53 Å². The number of rotatable bonds is 2. The van der Waals surface area contributed by atoms with Crippen LogP contribution < -0.4 is 9.64 Å². The summed E-state index contributed by atoms with van der Waals surface area (Å²) in [5.74, 6) is 0.895. The van der Waals surface area contributed by atoms with Crippen molar-refractivity contribution in [2.24, 2.45) is 0 Å². The summed E-state index contributed by atoms with van der Waals surface area (Å²) in [6, 6.07) is 5.87. The predicted octanol–water partition coefficient (Wildman–Crippen LogP) is 2.50. The fourth-order valence-corrected chi connectivity index (χ4v) is 2.47. The molecule has 86 valence electrons. The van der Waals surface area contributed by atoms with E-state index in [1.165, 1.54) is 0 Å². The summed E-state index contributed by atoms with van der Waals surface area (Å²) in [5, 5.41) is 0. The molecule has 0 aromatic heterocycles. The van der Waals surface area contributed by atoms with Gasteiger partial charge in [-0.05, 0) is 24.6 Å². The van der Waals surface area contributed by atoms with Crippen molar-refractivity contribution >= 4 is 27.5 Å². The van der Waals surface area contributed by atoms with Crippen LogP contribution in [0.2, 0.25) is 0 Å². The van der Waals surface area contributed by atoms with E-state index >= 15 is 0 Å². The Balaban J connectivity index is 2.39. The maximum absolute atomic E-state index is 11.8. The van der Waals surface area contributed by atoms with Crippen molar-refractivity contribution in [3.05, 3.63) is 23.8 Å². The SMILES string of the molecule is COc1ccc(C)cc1N1CC(Br)CC1=O. The van der Waals surface area contributed by atoms with Crippen LogP contribution in [0.4, 0.5) is 5.69 Å². The van der Waals surface area contributed by atoms with Gasteiger partial charge in [0.1, 0.15) is 5.75 Å². The Hall–Kier alpha value is -1.03. The van der Waals surface area contributed by atoms with Gasteiger partial charge >= 0.3 is 0 Å². The first-order valence-electron chi connectivity index (χ1n) is 5.21. The molecule has 0 radical (unpaired) electrons. The molecule has 0 spiro atoms. The van der Waals surface area contributed by atoms with Crippen molar-refractivity contribution in [1.82, 2.24) is 0 Å². The van der Waals surface area contributed by atoms with Crippen LogP contribution >= 0.6 is 15.9 Å². The van der Waals surface area contributed by atoms with E-state index in [-0.39, 0.29) is 10.7 Å². The average molecular weight is 284 g/mol. The van der Waals surface area contributed by atoms with Gasteiger partial charge in [-0.3, -0.25) is 4.79 Å². The molecular formula is C12H14BrNO2. The molecule has 1 atom stereocenters. The predicted molar refractivity (Wildman–Crippen MR) is 67.4 cm³/mol. The highest BCUT2D eigenvalue weighted by Crippen LogP contribution is 2.33. The van der Waals surface area contributed by atoms with Crippen LogP contribution in [0.3, 0.4) is 0 Å². The fourth-order valence-electron chi connectivity index (χ4n) is 1.91. The average Bonchev–Trinajstić information content (AvgIpc) is 2.57. The molecule has 0 saturated carbocycles. The molecule has 1 saturated heterocycles. The smallest absolute Gasteiger partial charge is 0.228 e. The number of carbonyl (C=O) groups is 1. The summed E-state index contributed by atoms with van der Waals surface area (Å²) >= 11 is 3.48. The molecule has 1 aliphatic rings. The third-order valence-electron chi connectivity index (χ3n) is 2.70. The topological polar surface area (TPSA) is 29.5 Å². The molecule has 1 fully saturated rings. The second-order valence-corrected chi connectivity index (χ2v) is 5.28. The van der Waals surface area contributed by atoms with Crippen LogP contribution in [-0.2, 0) is 4.79 Å². The second kappa shape index (κ2) is 4.45. The highest BCUT2D eigenvalue weighted by atomic mass is 79.9. The van der Waals surface area contributed by atoms with E-state index in [1.807, 2.05) is 25.1 Å². The zero-order valence-electron chi connectivity index (χ0n) is 9.37. The number of carbonyl (C=O) groups excluding carboxylic acids is 1. The molecule has 2 rings (SSSR count). The molecule has 1 unspecified atom stereocenters. The van der Waals surface area contributed by atoms with Crippen LogP contribution in [0.5, 0.6) is 5.75 Å². The lowest BCUT2D eigenvalue weighted by Crippen LogP contribution is -2.25. The Morgan fingerprint density at radius 2 is 2.25 bits per heavy atom. The minimum atomic E-state index is 0.144. The molecule has 0 N–H and O–H groups in total. The van der Waals surface area contributed by atoms with Gasteiger partial charge in [0.2, 0.25) is 5.91 Å². The Morgan fingerprint density at radius 3 is 2.81 bits per heavy atom. The number of hydrogen-bond donors (Lipinski definition) is 0.